The van der Waals surface area contributed by atoms with E-state index in [1.165, 1.54) is 36.3 Å². The highest BCUT2D eigenvalue weighted by Gasteiger charge is 2.44. The molecule has 156 valence electrons. The molecular formula is C26H35FN2. The van der Waals surface area contributed by atoms with E-state index < -0.39 is 0 Å². The van der Waals surface area contributed by atoms with Gasteiger partial charge in [0.25, 0.3) is 0 Å². The molecule has 1 aliphatic carbocycles. The molecule has 0 bridgehead atoms. The van der Waals surface area contributed by atoms with Crippen LogP contribution in [-0.4, -0.2) is 18.8 Å². The van der Waals surface area contributed by atoms with Gasteiger partial charge in [0.2, 0.25) is 0 Å². The lowest BCUT2D eigenvalue weighted by atomic mass is 9.80. The van der Waals surface area contributed by atoms with Crippen molar-refractivity contribution in [3.8, 4) is 11.8 Å². The normalized spacial score (nSPS) is 16.0. The molecule has 3 heteroatoms. The van der Waals surface area contributed by atoms with Crippen molar-refractivity contribution in [2.75, 3.05) is 7.05 Å². The maximum Gasteiger partial charge on any atom is 0.138 e. The molecule has 1 saturated carbocycles. The molecule has 2 nitrogen and oxygen atoms in total. The Morgan fingerprint density at radius 1 is 1.31 bits per heavy atom. The number of allylic oxidation sites excluding steroid dienone is 3. The van der Waals surface area contributed by atoms with Crippen molar-refractivity contribution < 1.29 is 4.39 Å². The van der Waals surface area contributed by atoms with Crippen LogP contribution in [0.1, 0.15) is 65.0 Å². The summed E-state index contributed by atoms with van der Waals surface area (Å²) in [6.45, 7) is 13.9. The van der Waals surface area contributed by atoms with E-state index in [9.17, 15) is 4.39 Å². The molecule has 2 rings (SSSR count). The summed E-state index contributed by atoms with van der Waals surface area (Å²) in [6.07, 6.45) is 9.05. The third-order valence-corrected chi connectivity index (χ3v) is 5.27. The van der Waals surface area contributed by atoms with Crippen LogP contribution in [0, 0.1) is 29.0 Å². The SMILES string of the molecule is C=C(C)CC(NC)(/C(C)=C/C=C(\C)c1ccc(F)c(C#CC)c1)C1CC1.CC=N. The molecule has 1 atom stereocenters. The van der Waals surface area contributed by atoms with Crippen LogP contribution in [0.4, 0.5) is 4.39 Å². The van der Waals surface area contributed by atoms with Crippen LogP contribution in [-0.2, 0) is 0 Å². The summed E-state index contributed by atoms with van der Waals surface area (Å²) in [5.74, 6) is 6.00. The molecule has 0 aliphatic heterocycles. The minimum absolute atomic E-state index is 0.00967. The molecule has 1 unspecified atom stereocenters. The first-order chi connectivity index (χ1) is 13.7. The van der Waals surface area contributed by atoms with Crippen LogP contribution in [0.3, 0.4) is 0 Å². The zero-order valence-electron chi connectivity index (χ0n) is 18.7. The number of halogens is 1. The monoisotopic (exact) mass is 394 g/mol. The van der Waals surface area contributed by atoms with Crippen molar-refractivity contribution in [3.05, 3.63) is 65.0 Å². The molecular weight excluding hydrogens is 359 g/mol. The fourth-order valence-electron chi connectivity index (χ4n) is 3.64. The van der Waals surface area contributed by atoms with Crippen LogP contribution in [0.25, 0.3) is 5.57 Å². The van der Waals surface area contributed by atoms with Gasteiger partial charge in [-0.2, -0.15) is 0 Å². The second kappa shape index (κ2) is 11.5. The van der Waals surface area contributed by atoms with E-state index in [2.05, 4.69) is 56.7 Å². The van der Waals surface area contributed by atoms with Gasteiger partial charge in [-0.15, -0.1) is 12.5 Å². The summed E-state index contributed by atoms with van der Waals surface area (Å²) >= 11 is 0. The van der Waals surface area contributed by atoms with Gasteiger partial charge in [0.05, 0.1) is 5.56 Å². The fourth-order valence-corrected chi connectivity index (χ4v) is 3.64. The van der Waals surface area contributed by atoms with Gasteiger partial charge >= 0.3 is 0 Å². The van der Waals surface area contributed by atoms with E-state index in [4.69, 9.17) is 5.41 Å². The zero-order chi connectivity index (χ0) is 22.0. The Morgan fingerprint density at radius 2 is 1.93 bits per heavy atom. The fraction of sp³-hybridized carbons (Fsp3) is 0.423. The van der Waals surface area contributed by atoms with Gasteiger partial charge in [-0.25, -0.2) is 4.39 Å². The Morgan fingerprint density at radius 3 is 2.41 bits per heavy atom. The number of nitrogens with one attached hydrogen (secondary N) is 2. The van der Waals surface area contributed by atoms with Crippen molar-refractivity contribution in [3.63, 3.8) is 0 Å². The van der Waals surface area contributed by atoms with Crippen LogP contribution in [0.15, 0.2) is 48.1 Å². The van der Waals surface area contributed by atoms with Crippen LogP contribution < -0.4 is 5.32 Å². The average Bonchev–Trinajstić information content (AvgIpc) is 3.52. The standard InChI is InChI=1S/C24H30FN.C2H5N/c1-7-8-21-15-20(11-14-23(21)25)18(4)9-10-19(5)24(26-6,16-17(2)3)22-12-13-22;1-2-3/h9-11,14-15,22,26H,2,12-13,16H2,1,3-6H3;2-3H,1H3/b18-9+,19-10+;. The number of benzene rings is 1. The Kier molecular flexibility index (Phi) is 9.78. The van der Waals surface area contributed by atoms with Crippen molar-refractivity contribution in [1.82, 2.24) is 5.32 Å². The molecule has 1 aromatic rings. The minimum atomic E-state index is -0.271. The second-order valence-corrected chi connectivity index (χ2v) is 7.69. The predicted molar refractivity (Wildman–Crippen MR) is 125 cm³/mol. The van der Waals surface area contributed by atoms with Gasteiger partial charge in [-0.1, -0.05) is 35.3 Å². The Bertz CT molecular complexity index is 847. The Hall–Kier alpha value is -2.44. The number of hydrogen-bond acceptors (Lipinski definition) is 2. The van der Waals surface area contributed by atoms with Crippen molar-refractivity contribution >= 4 is 11.8 Å². The Balaban J connectivity index is 0.00000132. The van der Waals surface area contributed by atoms with E-state index in [0.29, 0.717) is 11.5 Å². The van der Waals surface area contributed by atoms with Gasteiger partial charge in [-0.3, -0.25) is 0 Å². The zero-order valence-corrected chi connectivity index (χ0v) is 18.7. The molecule has 0 radical (unpaired) electrons. The van der Waals surface area contributed by atoms with Crippen LogP contribution in [0.5, 0.6) is 0 Å². The van der Waals surface area contributed by atoms with Gasteiger partial charge < -0.3 is 10.7 Å². The Labute approximate surface area is 176 Å². The van der Waals surface area contributed by atoms with Crippen molar-refractivity contribution in [1.29, 1.82) is 5.41 Å². The molecule has 2 N–H and O–H groups in total. The van der Waals surface area contributed by atoms with E-state index in [1.807, 2.05) is 19.2 Å². The lowest BCUT2D eigenvalue weighted by Crippen LogP contribution is -2.46. The first-order valence-electron chi connectivity index (χ1n) is 10.1. The third kappa shape index (κ3) is 6.84. The summed E-state index contributed by atoms with van der Waals surface area (Å²) in [7, 11) is 2.05. The summed E-state index contributed by atoms with van der Waals surface area (Å²) in [5.41, 5.74) is 5.05. The molecule has 0 saturated heterocycles. The second-order valence-electron chi connectivity index (χ2n) is 7.69. The van der Waals surface area contributed by atoms with Gasteiger partial charge in [0, 0.05) is 5.54 Å². The van der Waals surface area contributed by atoms with Crippen LogP contribution in [0.2, 0.25) is 0 Å². The first kappa shape index (κ1) is 24.6. The molecule has 0 spiro atoms. The lowest BCUT2D eigenvalue weighted by molar-refractivity contribution is 0.357. The summed E-state index contributed by atoms with van der Waals surface area (Å²) in [4.78, 5) is 0. The molecule has 1 aromatic carbocycles. The third-order valence-electron chi connectivity index (χ3n) is 5.27. The highest BCUT2D eigenvalue weighted by atomic mass is 19.1. The number of rotatable bonds is 7. The topological polar surface area (TPSA) is 35.9 Å². The van der Waals surface area contributed by atoms with Crippen LogP contribution >= 0.6 is 0 Å². The maximum atomic E-state index is 13.8. The van der Waals surface area contributed by atoms with Crippen molar-refractivity contribution in [2.24, 2.45) is 5.92 Å². The molecule has 29 heavy (non-hydrogen) atoms. The van der Waals surface area contributed by atoms with Gasteiger partial charge in [-0.05, 0) is 96.3 Å². The summed E-state index contributed by atoms with van der Waals surface area (Å²) < 4.78 is 13.8. The maximum absolute atomic E-state index is 13.8. The highest BCUT2D eigenvalue weighted by Crippen LogP contribution is 2.46. The quantitative estimate of drug-likeness (QED) is 0.234. The molecule has 0 amide bonds. The molecule has 1 fully saturated rings. The predicted octanol–water partition coefficient (Wildman–Crippen LogP) is 6.54. The minimum Gasteiger partial charge on any atom is -0.313 e. The lowest BCUT2D eigenvalue weighted by Gasteiger charge is -2.35. The number of likely N-dealkylation sites (N-methyl/N-ethyl adjacent to an activating group) is 1. The smallest absolute Gasteiger partial charge is 0.138 e. The summed E-state index contributed by atoms with van der Waals surface area (Å²) in [6, 6.07) is 5.12. The number of hydrogen-bond donors (Lipinski definition) is 2. The van der Waals surface area contributed by atoms with Crippen molar-refractivity contribution in [2.45, 2.75) is 59.4 Å². The van der Waals surface area contributed by atoms with E-state index in [-0.39, 0.29) is 11.4 Å². The first-order valence-corrected chi connectivity index (χ1v) is 10.1. The van der Waals surface area contributed by atoms with E-state index in [0.717, 1.165) is 17.6 Å². The average molecular weight is 395 g/mol. The van der Waals surface area contributed by atoms with Gasteiger partial charge in [0.15, 0.2) is 0 Å². The molecule has 1 aliphatic rings. The summed E-state index contributed by atoms with van der Waals surface area (Å²) in [5, 5.41) is 9.66. The largest absolute Gasteiger partial charge is 0.313 e. The van der Waals surface area contributed by atoms with E-state index >= 15 is 0 Å². The van der Waals surface area contributed by atoms with Gasteiger partial charge in [0.1, 0.15) is 5.82 Å². The highest BCUT2D eigenvalue weighted by molar-refractivity contribution is 5.67. The molecule has 0 heterocycles. The molecule has 0 aromatic heterocycles. The van der Waals surface area contributed by atoms with E-state index in [1.54, 1.807) is 13.8 Å².